The Bertz CT molecular complexity index is 1290. The molecule has 1 saturated heterocycles. The minimum absolute atomic E-state index is 0.0248. The normalized spacial score (nSPS) is 13.1. The highest BCUT2D eigenvalue weighted by Crippen LogP contribution is 2.24. The molecule has 1 heterocycles. The molecule has 4 amide bonds. The predicted octanol–water partition coefficient (Wildman–Crippen LogP) is 5.12. The topological polar surface area (TPSA) is 88.2 Å². The van der Waals surface area contributed by atoms with Gasteiger partial charge in [0.25, 0.3) is 5.91 Å². The summed E-state index contributed by atoms with van der Waals surface area (Å²) in [5.74, 6) is 0.645. The third kappa shape index (κ3) is 6.47. The Morgan fingerprint density at radius 1 is 0.974 bits per heavy atom. The summed E-state index contributed by atoms with van der Waals surface area (Å²) in [7, 11) is 1.49. The molecule has 0 bridgehead atoms. The van der Waals surface area contributed by atoms with Crippen LogP contribution in [0.25, 0.3) is 0 Å². The fourth-order valence-electron chi connectivity index (χ4n) is 4.10. The lowest BCUT2D eigenvalue weighted by atomic mass is 10.1. The maximum absolute atomic E-state index is 13.1. The van der Waals surface area contributed by atoms with Gasteiger partial charge >= 0.3 is 6.03 Å². The summed E-state index contributed by atoms with van der Waals surface area (Å²) in [5.41, 5.74) is 1.91. The van der Waals surface area contributed by atoms with Crippen LogP contribution in [0.3, 0.4) is 0 Å². The number of imide groups is 1. The number of halogens is 1. The van der Waals surface area contributed by atoms with Gasteiger partial charge in [0, 0.05) is 19.6 Å². The number of rotatable bonds is 11. The molecule has 9 heteroatoms. The number of hydrogen-bond acceptors (Lipinski definition) is 5. The minimum Gasteiger partial charge on any atom is -0.496 e. The van der Waals surface area contributed by atoms with Crippen LogP contribution in [0.1, 0.15) is 41.3 Å². The third-order valence-corrected chi connectivity index (χ3v) is 6.17. The zero-order valence-corrected chi connectivity index (χ0v) is 21.4. The van der Waals surface area contributed by atoms with Crippen LogP contribution in [0.5, 0.6) is 17.2 Å². The van der Waals surface area contributed by atoms with E-state index in [0.717, 1.165) is 24.0 Å². The number of hydrogen-bond donors (Lipinski definition) is 1. The van der Waals surface area contributed by atoms with E-state index in [1.54, 1.807) is 42.5 Å². The number of unbranched alkanes of at least 4 members (excludes halogenated alkanes) is 1. The summed E-state index contributed by atoms with van der Waals surface area (Å²) in [5, 5.41) is 2.89. The van der Waals surface area contributed by atoms with Crippen LogP contribution in [0.4, 0.5) is 9.18 Å². The summed E-state index contributed by atoms with van der Waals surface area (Å²) in [6, 6.07) is 17.8. The number of ether oxygens (including phenoxy) is 2. The van der Waals surface area contributed by atoms with Crippen LogP contribution in [0.15, 0.2) is 66.7 Å². The van der Waals surface area contributed by atoms with E-state index in [9.17, 15) is 18.8 Å². The molecule has 4 rings (SSSR count). The Morgan fingerprint density at radius 2 is 1.63 bits per heavy atom. The van der Waals surface area contributed by atoms with E-state index in [4.69, 9.17) is 9.47 Å². The molecule has 1 fully saturated rings. The zero-order chi connectivity index (χ0) is 27.1. The Balaban J connectivity index is 1.37. The molecule has 0 spiro atoms. The van der Waals surface area contributed by atoms with Crippen molar-refractivity contribution >= 4 is 17.8 Å². The molecule has 38 heavy (non-hydrogen) atoms. The average Bonchev–Trinajstić information content (AvgIpc) is 3.19. The number of amides is 4. The van der Waals surface area contributed by atoms with Crippen molar-refractivity contribution in [1.29, 1.82) is 0 Å². The van der Waals surface area contributed by atoms with Gasteiger partial charge in [-0.25, -0.2) is 9.18 Å². The van der Waals surface area contributed by atoms with Crippen molar-refractivity contribution < 1.29 is 28.2 Å². The molecule has 0 radical (unpaired) electrons. The quantitative estimate of drug-likeness (QED) is 0.355. The number of methoxy groups -OCH3 is 1. The second-order valence-corrected chi connectivity index (χ2v) is 8.95. The summed E-state index contributed by atoms with van der Waals surface area (Å²) in [6.45, 7) is 2.94. The van der Waals surface area contributed by atoms with Crippen molar-refractivity contribution in [3.8, 4) is 17.2 Å². The first kappa shape index (κ1) is 26.7. The van der Waals surface area contributed by atoms with Crippen molar-refractivity contribution in [3.05, 3.63) is 89.2 Å². The summed E-state index contributed by atoms with van der Waals surface area (Å²) in [4.78, 5) is 40.7. The number of nitrogens with one attached hydrogen (secondary N) is 1. The highest BCUT2D eigenvalue weighted by Gasteiger charge is 2.35. The van der Waals surface area contributed by atoms with Crippen LogP contribution in [-0.4, -0.2) is 47.8 Å². The second kappa shape index (κ2) is 12.2. The van der Waals surface area contributed by atoms with Crippen LogP contribution in [0.2, 0.25) is 0 Å². The summed E-state index contributed by atoms with van der Waals surface area (Å²) < 4.78 is 24.1. The largest absolute Gasteiger partial charge is 0.496 e. The van der Waals surface area contributed by atoms with E-state index in [2.05, 4.69) is 5.32 Å². The van der Waals surface area contributed by atoms with Crippen LogP contribution in [0, 0.1) is 5.82 Å². The maximum Gasteiger partial charge on any atom is 0.327 e. The van der Waals surface area contributed by atoms with Gasteiger partial charge in [0.2, 0.25) is 5.91 Å². The lowest BCUT2D eigenvalue weighted by molar-refractivity contribution is -0.125. The van der Waals surface area contributed by atoms with Crippen molar-refractivity contribution in [2.24, 2.45) is 0 Å². The van der Waals surface area contributed by atoms with Gasteiger partial charge in [-0.3, -0.25) is 14.5 Å². The molecule has 1 aliphatic rings. The first-order valence-electron chi connectivity index (χ1n) is 12.4. The lowest BCUT2D eigenvalue weighted by Crippen LogP contribution is -2.33. The average molecular weight is 520 g/mol. The van der Waals surface area contributed by atoms with E-state index < -0.39 is 0 Å². The maximum atomic E-state index is 13.1. The van der Waals surface area contributed by atoms with Gasteiger partial charge in [0.15, 0.2) is 0 Å². The first-order valence-corrected chi connectivity index (χ1v) is 12.4. The van der Waals surface area contributed by atoms with Gasteiger partial charge in [-0.1, -0.05) is 31.5 Å². The molecule has 3 aromatic carbocycles. The molecule has 0 aromatic heterocycles. The molecule has 0 atom stereocenters. The lowest BCUT2D eigenvalue weighted by Gasteiger charge is -2.18. The van der Waals surface area contributed by atoms with Crippen molar-refractivity contribution in [2.45, 2.75) is 32.9 Å². The Labute approximate surface area is 221 Å². The molecule has 8 nitrogen and oxygen atoms in total. The molecule has 1 N–H and O–H groups in total. The number of nitrogens with zero attached hydrogens (tertiary/aromatic N) is 2. The minimum atomic E-state index is -0.334. The molecular weight excluding hydrogens is 489 g/mol. The fraction of sp³-hybridized carbons (Fsp3) is 0.276. The monoisotopic (exact) mass is 519 g/mol. The Morgan fingerprint density at radius 3 is 2.29 bits per heavy atom. The van der Waals surface area contributed by atoms with E-state index in [1.807, 2.05) is 19.1 Å². The molecular formula is C29H30FN3O5. The highest BCUT2D eigenvalue weighted by molar-refractivity contribution is 6.02. The zero-order valence-electron chi connectivity index (χ0n) is 21.4. The van der Waals surface area contributed by atoms with Gasteiger partial charge in [0.1, 0.15) is 29.6 Å². The van der Waals surface area contributed by atoms with Crippen molar-refractivity contribution in [1.82, 2.24) is 15.1 Å². The smallest absolute Gasteiger partial charge is 0.327 e. The molecule has 1 aliphatic heterocycles. The van der Waals surface area contributed by atoms with Crippen LogP contribution >= 0.6 is 0 Å². The number of urea groups is 1. The van der Waals surface area contributed by atoms with Gasteiger partial charge in [-0.05, 0) is 66.1 Å². The van der Waals surface area contributed by atoms with E-state index >= 15 is 0 Å². The molecule has 0 aliphatic carbocycles. The predicted molar refractivity (Wildman–Crippen MR) is 140 cm³/mol. The van der Waals surface area contributed by atoms with Crippen LogP contribution in [-0.2, 0) is 17.9 Å². The molecule has 198 valence electrons. The van der Waals surface area contributed by atoms with E-state index in [1.165, 1.54) is 29.0 Å². The third-order valence-electron chi connectivity index (χ3n) is 6.17. The van der Waals surface area contributed by atoms with Gasteiger partial charge in [-0.15, -0.1) is 0 Å². The number of carbonyl (C=O) groups is 3. The standard InChI is InChI=1S/C29H30FN3O5/c1-3-4-15-33-27(34)19-32(29(33)36)18-21-7-14-26(37-2)25(16-21)28(35)31-17-20-5-10-23(11-6-20)38-24-12-8-22(30)9-13-24/h5-14,16H,3-4,15,17-19H2,1-2H3,(H,31,35). The van der Waals surface area contributed by atoms with E-state index in [-0.39, 0.29) is 43.3 Å². The highest BCUT2D eigenvalue weighted by atomic mass is 19.1. The first-order chi connectivity index (χ1) is 18.4. The van der Waals surface area contributed by atoms with Gasteiger partial charge in [0.05, 0.1) is 12.7 Å². The van der Waals surface area contributed by atoms with Crippen LogP contribution < -0.4 is 14.8 Å². The number of benzene rings is 3. The second-order valence-electron chi connectivity index (χ2n) is 8.95. The van der Waals surface area contributed by atoms with Gasteiger partial charge in [-0.2, -0.15) is 0 Å². The SMILES string of the molecule is CCCCN1C(=O)CN(Cc2ccc(OC)c(C(=O)NCc3ccc(Oc4ccc(F)cc4)cc3)c2)C1=O. The fourth-order valence-corrected chi connectivity index (χ4v) is 4.10. The molecule has 0 saturated carbocycles. The Hall–Kier alpha value is -4.40. The summed E-state index contributed by atoms with van der Waals surface area (Å²) in [6.07, 6.45) is 1.66. The summed E-state index contributed by atoms with van der Waals surface area (Å²) >= 11 is 0. The molecule has 3 aromatic rings. The van der Waals surface area contributed by atoms with Crippen molar-refractivity contribution in [3.63, 3.8) is 0 Å². The molecule has 0 unspecified atom stereocenters. The van der Waals surface area contributed by atoms with Gasteiger partial charge < -0.3 is 19.7 Å². The Kier molecular flexibility index (Phi) is 8.58. The van der Waals surface area contributed by atoms with Crippen molar-refractivity contribution in [2.75, 3.05) is 20.2 Å². The van der Waals surface area contributed by atoms with E-state index in [0.29, 0.717) is 29.4 Å². The number of carbonyl (C=O) groups excluding carboxylic acids is 3.